The lowest BCUT2D eigenvalue weighted by molar-refractivity contribution is 0.0444. The summed E-state index contributed by atoms with van der Waals surface area (Å²) in [6.07, 6.45) is 0. The van der Waals surface area contributed by atoms with Crippen LogP contribution in [-0.2, 0) is 0 Å². The monoisotopic (exact) mass is 419 g/mol. The molecular weight excluding hydrogens is 385 g/mol. The minimum absolute atomic E-state index is 0.0378. The van der Waals surface area contributed by atoms with Crippen LogP contribution in [0.4, 0.5) is 0 Å². The number of rotatable bonds is 3. The lowest BCUT2D eigenvalue weighted by Crippen LogP contribution is -2.46. The standard InChI is InChI=1S/C25H33Cl2N/c1-9-28(8)24-21-14(2)11-10-12-18(21)22(17(5)25(24,6)7)19-13-20(26)23(27)16(4)15(19)3/h10-13,17,22,24H,9H2,1-8H3/t17?,22-,24-/m1/s1/i9D2. The normalized spacial score (nSPS) is 25.3. The van der Waals surface area contributed by atoms with Crippen LogP contribution in [0.5, 0.6) is 0 Å². The van der Waals surface area contributed by atoms with E-state index in [1.807, 2.05) is 24.9 Å². The van der Waals surface area contributed by atoms with Crippen molar-refractivity contribution in [2.75, 3.05) is 13.5 Å². The molecule has 0 aliphatic heterocycles. The van der Waals surface area contributed by atoms with Crippen LogP contribution in [0.15, 0.2) is 24.3 Å². The van der Waals surface area contributed by atoms with Gasteiger partial charge in [0, 0.05) is 14.7 Å². The number of halogens is 2. The Labute approximate surface area is 183 Å². The second-order valence-electron chi connectivity index (χ2n) is 8.91. The molecule has 0 saturated carbocycles. The summed E-state index contributed by atoms with van der Waals surface area (Å²) in [5, 5.41) is 1.22. The van der Waals surface area contributed by atoms with E-state index in [0.717, 1.165) is 5.56 Å². The van der Waals surface area contributed by atoms with Gasteiger partial charge >= 0.3 is 0 Å². The Kier molecular flexibility index (Phi) is 5.20. The van der Waals surface area contributed by atoms with E-state index in [2.05, 4.69) is 52.8 Å². The topological polar surface area (TPSA) is 3.24 Å². The van der Waals surface area contributed by atoms with Gasteiger partial charge in [-0.1, -0.05) is 69.1 Å². The molecule has 0 bridgehead atoms. The van der Waals surface area contributed by atoms with Crippen LogP contribution in [-0.4, -0.2) is 18.4 Å². The zero-order valence-electron chi connectivity index (χ0n) is 20.2. The molecule has 28 heavy (non-hydrogen) atoms. The van der Waals surface area contributed by atoms with Crippen molar-refractivity contribution in [3.63, 3.8) is 0 Å². The van der Waals surface area contributed by atoms with Gasteiger partial charge in [0.15, 0.2) is 0 Å². The predicted molar refractivity (Wildman–Crippen MR) is 123 cm³/mol. The minimum atomic E-state index is -1.43. The Hall–Kier alpha value is -1.02. The lowest BCUT2D eigenvalue weighted by atomic mass is 9.57. The summed E-state index contributed by atoms with van der Waals surface area (Å²) in [5.74, 6) is 0.424. The minimum Gasteiger partial charge on any atom is -0.299 e. The van der Waals surface area contributed by atoms with Gasteiger partial charge in [-0.15, -0.1) is 0 Å². The number of aryl methyl sites for hydroxylation is 1. The van der Waals surface area contributed by atoms with Crippen LogP contribution in [0, 0.1) is 32.1 Å². The Morgan fingerprint density at radius 2 is 1.75 bits per heavy atom. The Morgan fingerprint density at radius 1 is 1.11 bits per heavy atom. The molecule has 1 nitrogen and oxygen atoms in total. The van der Waals surface area contributed by atoms with Crippen LogP contribution in [0.1, 0.15) is 75.8 Å². The molecule has 1 aliphatic rings. The fourth-order valence-corrected chi connectivity index (χ4v) is 5.57. The summed E-state index contributed by atoms with van der Waals surface area (Å²) >= 11 is 13.0. The first kappa shape index (κ1) is 19.0. The molecule has 0 N–H and O–H groups in total. The van der Waals surface area contributed by atoms with E-state index in [-0.39, 0.29) is 23.3 Å². The molecule has 0 aromatic heterocycles. The zero-order valence-corrected chi connectivity index (χ0v) is 19.8. The molecule has 2 aromatic rings. The number of nitrogens with zero attached hydrogens (tertiary/aromatic N) is 1. The molecule has 0 heterocycles. The fourth-order valence-electron chi connectivity index (χ4n) is 5.12. The van der Waals surface area contributed by atoms with Gasteiger partial charge in [-0.25, -0.2) is 0 Å². The average Bonchev–Trinajstić information content (AvgIpc) is 2.64. The summed E-state index contributed by atoms with van der Waals surface area (Å²) in [7, 11) is 1.91. The molecule has 0 spiro atoms. The Bertz CT molecular complexity index is 978. The Balaban J connectivity index is 2.35. The third kappa shape index (κ3) is 3.20. The summed E-state index contributed by atoms with van der Waals surface area (Å²) < 4.78 is 16.8. The Morgan fingerprint density at radius 3 is 2.36 bits per heavy atom. The zero-order chi connectivity index (χ0) is 22.8. The largest absolute Gasteiger partial charge is 0.299 e. The van der Waals surface area contributed by atoms with Gasteiger partial charge in [-0.2, -0.15) is 0 Å². The van der Waals surface area contributed by atoms with Crippen molar-refractivity contribution in [3.05, 3.63) is 67.7 Å². The summed E-state index contributed by atoms with van der Waals surface area (Å²) in [6, 6.07) is 8.47. The van der Waals surface area contributed by atoms with E-state index in [4.69, 9.17) is 25.9 Å². The van der Waals surface area contributed by atoms with Gasteiger partial charge < -0.3 is 0 Å². The first-order valence-corrected chi connectivity index (χ1v) is 10.7. The van der Waals surface area contributed by atoms with Gasteiger partial charge in [0.05, 0.1) is 10.0 Å². The molecule has 0 saturated heterocycles. The van der Waals surface area contributed by atoms with Crippen LogP contribution in [0.2, 0.25) is 10.0 Å². The smallest absolute Gasteiger partial charge is 0.0624 e. The van der Waals surface area contributed by atoms with Crippen LogP contribution >= 0.6 is 23.2 Å². The van der Waals surface area contributed by atoms with Crippen molar-refractivity contribution < 1.29 is 2.74 Å². The predicted octanol–water partition coefficient (Wildman–Crippen LogP) is 7.72. The van der Waals surface area contributed by atoms with Crippen molar-refractivity contribution in [1.82, 2.24) is 4.90 Å². The number of hydrogen-bond donors (Lipinski definition) is 0. The van der Waals surface area contributed by atoms with Gasteiger partial charge in [-0.05, 0) is 85.1 Å². The third-order valence-electron chi connectivity index (χ3n) is 7.24. The van der Waals surface area contributed by atoms with Crippen molar-refractivity contribution in [1.29, 1.82) is 0 Å². The molecule has 3 atom stereocenters. The second-order valence-corrected chi connectivity index (χ2v) is 9.70. The molecule has 1 aliphatic carbocycles. The second kappa shape index (κ2) is 7.67. The molecule has 1 unspecified atom stereocenters. The number of fused-ring (bicyclic) bond motifs is 1. The van der Waals surface area contributed by atoms with Crippen molar-refractivity contribution in [2.24, 2.45) is 11.3 Å². The summed E-state index contributed by atoms with van der Waals surface area (Å²) in [6.45, 7) is 13.4. The first-order chi connectivity index (χ1) is 13.7. The molecule has 0 fully saturated rings. The van der Waals surface area contributed by atoms with E-state index in [9.17, 15) is 0 Å². The van der Waals surface area contributed by atoms with Crippen LogP contribution in [0.25, 0.3) is 0 Å². The maximum atomic E-state index is 8.42. The van der Waals surface area contributed by atoms with Crippen LogP contribution in [0.3, 0.4) is 0 Å². The quantitative estimate of drug-likeness (QED) is 0.491. The average molecular weight is 420 g/mol. The summed E-state index contributed by atoms with van der Waals surface area (Å²) in [5.41, 5.74) is 6.97. The van der Waals surface area contributed by atoms with E-state index < -0.39 is 6.50 Å². The molecule has 152 valence electrons. The van der Waals surface area contributed by atoms with Crippen molar-refractivity contribution >= 4 is 23.2 Å². The molecule has 2 aromatic carbocycles. The maximum Gasteiger partial charge on any atom is 0.0624 e. The highest BCUT2D eigenvalue weighted by atomic mass is 35.5. The van der Waals surface area contributed by atoms with E-state index >= 15 is 0 Å². The highest BCUT2D eigenvalue weighted by molar-refractivity contribution is 6.42. The van der Waals surface area contributed by atoms with Gasteiger partial charge in [-0.3, -0.25) is 4.90 Å². The van der Waals surface area contributed by atoms with E-state index in [0.29, 0.717) is 10.0 Å². The fraction of sp³-hybridized carbons (Fsp3) is 0.520. The third-order valence-corrected chi connectivity index (χ3v) is 8.12. The number of benzene rings is 2. The molecule has 0 radical (unpaired) electrons. The summed E-state index contributed by atoms with van der Waals surface area (Å²) in [4.78, 5) is 1.90. The highest BCUT2D eigenvalue weighted by Gasteiger charge is 2.48. The first-order valence-electron chi connectivity index (χ1n) is 11.0. The SMILES string of the molecule is [2H]C([2H])(C)N(C)[C@@H]1c2c(C)cccc2[C@H](c2cc(Cl)c(Cl)c(C)c2C)C(C)C1(C)C. The van der Waals surface area contributed by atoms with Crippen LogP contribution < -0.4 is 0 Å². The van der Waals surface area contributed by atoms with E-state index in [1.165, 1.54) is 27.8 Å². The molecule has 3 rings (SSSR count). The van der Waals surface area contributed by atoms with Crippen molar-refractivity contribution in [3.8, 4) is 0 Å². The molecular formula is C25H33Cl2N. The molecule has 0 amide bonds. The van der Waals surface area contributed by atoms with Gasteiger partial charge in [0.2, 0.25) is 0 Å². The van der Waals surface area contributed by atoms with Gasteiger partial charge in [0.25, 0.3) is 0 Å². The van der Waals surface area contributed by atoms with E-state index in [1.54, 1.807) is 6.92 Å². The van der Waals surface area contributed by atoms with Crippen molar-refractivity contribution in [2.45, 2.75) is 60.4 Å². The lowest BCUT2D eigenvalue weighted by Gasteiger charge is -2.53. The molecule has 3 heteroatoms. The maximum absolute atomic E-state index is 8.42. The van der Waals surface area contributed by atoms with Gasteiger partial charge in [0.1, 0.15) is 0 Å². The number of hydrogen-bond acceptors (Lipinski definition) is 1. The highest BCUT2D eigenvalue weighted by Crippen LogP contribution is 2.58.